The van der Waals surface area contributed by atoms with Crippen LogP contribution >= 0.6 is 0 Å². The van der Waals surface area contributed by atoms with Crippen LogP contribution in [0.15, 0.2) is 42.6 Å². The number of nitrogens with zero attached hydrogens (tertiary/aromatic N) is 3. The summed E-state index contributed by atoms with van der Waals surface area (Å²) in [6, 6.07) is 9.47. The smallest absolute Gasteiger partial charge is 0.270 e. The monoisotopic (exact) mass is 324 g/mol. The molecule has 2 atom stereocenters. The van der Waals surface area contributed by atoms with Crippen LogP contribution in [0.5, 0.6) is 0 Å². The predicted molar refractivity (Wildman–Crippen MR) is 87.3 cm³/mol. The number of hydrogen-bond acceptors (Lipinski definition) is 4. The molecule has 0 aliphatic carbocycles. The molecule has 0 saturated carbocycles. The minimum atomic E-state index is -0.292. The van der Waals surface area contributed by atoms with Gasteiger partial charge in [-0.2, -0.15) is 5.26 Å². The average Bonchev–Trinajstić information content (AvgIpc) is 2.95. The van der Waals surface area contributed by atoms with Crippen molar-refractivity contribution in [1.82, 2.24) is 15.2 Å². The van der Waals surface area contributed by atoms with E-state index in [-0.39, 0.29) is 23.8 Å². The number of likely N-dealkylation sites (tertiary alicyclic amines) is 1. The highest BCUT2D eigenvalue weighted by Crippen LogP contribution is 2.20. The van der Waals surface area contributed by atoms with Gasteiger partial charge in [-0.15, -0.1) is 0 Å². The Hall–Kier alpha value is -2.94. The maximum atomic E-state index is 13.0. The molecule has 1 fully saturated rings. The van der Waals surface area contributed by atoms with Gasteiger partial charge in [-0.3, -0.25) is 9.78 Å². The number of amides is 1. The number of nitrogens with one attached hydrogen (secondary N) is 1. The Labute approximate surface area is 139 Å². The molecule has 5 nitrogen and oxygen atoms in total. The van der Waals surface area contributed by atoms with Crippen LogP contribution < -0.4 is 5.32 Å². The number of carbonyl (C=O) groups excluding carboxylic acids is 1. The first-order chi connectivity index (χ1) is 11.6. The van der Waals surface area contributed by atoms with Crippen molar-refractivity contribution in [2.45, 2.75) is 25.4 Å². The molecule has 1 amide bonds. The van der Waals surface area contributed by atoms with Gasteiger partial charge in [0.2, 0.25) is 0 Å². The summed E-state index contributed by atoms with van der Waals surface area (Å²) in [5, 5.41) is 11.9. The molecule has 2 aromatic rings. The molecule has 0 radical (unpaired) electrons. The van der Waals surface area contributed by atoms with Gasteiger partial charge in [0.15, 0.2) is 6.19 Å². The van der Waals surface area contributed by atoms with Crippen LogP contribution in [-0.4, -0.2) is 34.4 Å². The van der Waals surface area contributed by atoms with Crippen LogP contribution in [-0.2, 0) is 0 Å². The zero-order valence-electron chi connectivity index (χ0n) is 13.2. The Morgan fingerprint density at radius 3 is 2.58 bits per heavy atom. The van der Waals surface area contributed by atoms with E-state index in [9.17, 15) is 9.18 Å². The first-order valence-corrected chi connectivity index (χ1v) is 7.77. The number of nitriles is 1. The van der Waals surface area contributed by atoms with Crippen LogP contribution in [0.4, 0.5) is 4.39 Å². The van der Waals surface area contributed by atoms with Crippen LogP contribution in [0.2, 0.25) is 0 Å². The van der Waals surface area contributed by atoms with Crippen molar-refractivity contribution in [2.75, 3.05) is 6.54 Å². The number of halogens is 1. The summed E-state index contributed by atoms with van der Waals surface area (Å²) in [6.45, 7) is 2.58. The molecule has 3 rings (SSSR count). The van der Waals surface area contributed by atoms with Crippen LogP contribution in [0.1, 0.15) is 23.8 Å². The van der Waals surface area contributed by atoms with E-state index in [2.05, 4.69) is 16.5 Å². The summed E-state index contributed by atoms with van der Waals surface area (Å²) in [5.74, 6) is -0.544. The maximum Gasteiger partial charge on any atom is 0.270 e. The fourth-order valence-electron chi connectivity index (χ4n) is 2.86. The van der Waals surface area contributed by atoms with Crippen LogP contribution in [0.3, 0.4) is 0 Å². The van der Waals surface area contributed by atoms with Gasteiger partial charge in [0.05, 0.1) is 12.1 Å². The normalized spacial score (nSPS) is 19.8. The molecule has 1 aromatic heterocycles. The molecule has 0 bridgehead atoms. The van der Waals surface area contributed by atoms with Gasteiger partial charge in [-0.05, 0) is 37.1 Å². The number of hydrogen-bond donors (Lipinski definition) is 1. The Morgan fingerprint density at radius 1 is 1.29 bits per heavy atom. The van der Waals surface area contributed by atoms with Crippen molar-refractivity contribution in [3.63, 3.8) is 0 Å². The standard InChI is InChI=1S/C18H17FN4O/c1-12-16(8-9-23(12)11-20)22-18(24)17-7-4-14(10-21-17)13-2-5-15(19)6-3-13/h2-7,10,12,16H,8-9H2,1H3,(H,22,24)/t12-,16-/m1/s1. The zero-order chi connectivity index (χ0) is 17.1. The quantitative estimate of drug-likeness (QED) is 0.881. The van der Waals surface area contributed by atoms with Gasteiger partial charge in [-0.25, -0.2) is 4.39 Å². The minimum Gasteiger partial charge on any atom is -0.346 e. The molecule has 1 aromatic carbocycles. The molecule has 24 heavy (non-hydrogen) atoms. The molecule has 1 aliphatic heterocycles. The molecule has 1 aliphatic rings. The van der Waals surface area contributed by atoms with Crippen molar-refractivity contribution in [1.29, 1.82) is 5.26 Å². The lowest BCUT2D eigenvalue weighted by Crippen LogP contribution is -2.42. The summed E-state index contributed by atoms with van der Waals surface area (Å²) >= 11 is 0. The number of rotatable bonds is 3. The number of carbonyl (C=O) groups is 1. The third-order valence-corrected chi connectivity index (χ3v) is 4.37. The van der Waals surface area contributed by atoms with E-state index in [4.69, 9.17) is 5.26 Å². The van der Waals surface area contributed by atoms with Crippen molar-refractivity contribution in [2.24, 2.45) is 0 Å². The van der Waals surface area contributed by atoms with Gasteiger partial charge in [0.25, 0.3) is 5.91 Å². The summed E-state index contributed by atoms with van der Waals surface area (Å²) in [6.07, 6.45) is 4.47. The van der Waals surface area contributed by atoms with E-state index >= 15 is 0 Å². The van der Waals surface area contributed by atoms with Gasteiger partial charge >= 0.3 is 0 Å². The Morgan fingerprint density at radius 2 is 2.00 bits per heavy atom. The van der Waals surface area contributed by atoms with Gasteiger partial charge in [0.1, 0.15) is 11.5 Å². The minimum absolute atomic E-state index is 0.0163. The van der Waals surface area contributed by atoms with Crippen molar-refractivity contribution < 1.29 is 9.18 Å². The third-order valence-electron chi connectivity index (χ3n) is 4.37. The molecular formula is C18H17FN4O. The zero-order valence-corrected chi connectivity index (χ0v) is 13.2. The molecule has 2 heterocycles. The molecule has 122 valence electrons. The van der Waals surface area contributed by atoms with E-state index in [1.165, 1.54) is 12.1 Å². The van der Waals surface area contributed by atoms with Crippen molar-refractivity contribution in [3.05, 3.63) is 54.1 Å². The fourth-order valence-corrected chi connectivity index (χ4v) is 2.86. The van der Waals surface area contributed by atoms with E-state index in [0.717, 1.165) is 17.5 Å². The Kier molecular flexibility index (Phi) is 4.43. The van der Waals surface area contributed by atoms with E-state index in [1.807, 2.05) is 6.92 Å². The lowest BCUT2D eigenvalue weighted by molar-refractivity contribution is 0.0926. The van der Waals surface area contributed by atoms with Gasteiger partial charge in [-0.1, -0.05) is 18.2 Å². The number of aromatic nitrogens is 1. The van der Waals surface area contributed by atoms with E-state index in [1.54, 1.807) is 35.4 Å². The average molecular weight is 324 g/mol. The van der Waals surface area contributed by atoms with Gasteiger partial charge < -0.3 is 10.2 Å². The predicted octanol–water partition coefficient (Wildman–Crippen LogP) is 2.56. The second-order valence-corrected chi connectivity index (χ2v) is 5.84. The van der Waals surface area contributed by atoms with Gasteiger partial charge in [0, 0.05) is 18.3 Å². The third kappa shape index (κ3) is 3.20. The van der Waals surface area contributed by atoms with Crippen LogP contribution in [0.25, 0.3) is 11.1 Å². The largest absolute Gasteiger partial charge is 0.346 e. The van der Waals surface area contributed by atoms with Crippen molar-refractivity contribution >= 4 is 5.91 Å². The second-order valence-electron chi connectivity index (χ2n) is 5.84. The summed E-state index contributed by atoms with van der Waals surface area (Å²) in [5.41, 5.74) is 1.98. The maximum absolute atomic E-state index is 13.0. The van der Waals surface area contributed by atoms with E-state index in [0.29, 0.717) is 12.2 Å². The first kappa shape index (κ1) is 15.9. The first-order valence-electron chi connectivity index (χ1n) is 7.77. The van der Waals surface area contributed by atoms with Crippen molar-refractivity contribution in [3.8, 4) is 17.3 Å². The van der Waals surface area contributed by atoms with Crippen LogP contribution in [0, 0.1) is 17.3 Å². The lowest BCUT2D eigenvalue weighted by Gasteiger charge is -2.20. The molecular weight excluding hydrogens is 307 g/mol. The molecule has 6 heteroatoms. The highest BCUT2D eigenvalue weighted by Gasteiger charge is 2.31. The molecule has 0 spiro atoms. The summed E-state index contributed by atoms with van der Waals surface area (Å²) < 4.78 is 13.0. The highest BCUT2D eigenvalue weighted by atomic mass is 19.1. The SMILES string of the molecule is C[C@@H]1[C@H](NC(=O)c2ccc(-c3ccc(F)cc3)cn2)CCN1C#N. The molecule has 1 saturated heterocycles. The molecule has 1 N–H and O–H groups in total. The lowest BCUT2D eigenvalue weighted by atomic mass is 10.1. The number of pyridine rings is 1. The van der Waals surface area contributed by atoms with E-state index < -0.39 is 0 Å². The summed E-state index contributed by atoms with van der Waals surface area (Å²) in [4.78, 5) is 18.2. The molecule has 0 unspecified atom stereocenters. The number of benzene rings is 1. The topological polar surface area (TPSA) is 69.0 Å². The highest BCUT2D eigenvalue weighted by molar-refractivity contribution is 5.92. The Balaban J connectivity index is 1.68. The second kappa shape index (κ2) is 6.67. The fraction of sp³-hybridized carbons (Fsp3) is 0.278. The summed E-state index contributed by atoms with van der Waals surface area (Å²) in [7, 11) is 0. The Bertz CT molecular complexity index is 767.